The van der Waals surface area contributed by atoms with E-state index in [2.05, 4.69) is 4.74 Å². The van der Waals surface area contributed by atoms with Crippen molar-refractivity contribution in [2.75, 3.05) is 6.61 Å². The number of rotatable bonds is 3. The van der Waals surface area contributed by atoms with Gasteiger partial charge in [0.25, 0.3) is 0 Å². The van der Waals surface area contributed by atoms with Crippen LogP contribution in [0.4, 0.5) is 0 Å². The molecule has 4 nitrogen and oxygen atoms in total. The van der Waals surface area contributed by atoms with E-state index in [0.29, 0.717) is 0 Å². The van der Waals surface area contributed by atoms with Crippen LogP contribution in [-0.4, -0.2) is 18.5 Å². The Kier molecular flexibility index (Phi) is 3.46. The molecule has 4 heteroatoms. The minimum atomic E-state index is -0.457. The quantitative estimate of drug-likeness (QED) is 0.553. The number of nitrogens with two attached hydrogens (primary N) is 1. The summed E-state index contributed by atoms with van der Waals surface area (Å²) in [5.74, 6) is -1.25. The van der Waals surface area contributed by atoms with E-state index in [1.54, 1.807) is 6.92 Å². The first-order chi connectivity index (χ1) is 4.54. The van der Waals surface area contributed by atoms with Gasteiger partial charge in [0.15, 0.2) is 0 Å². The molecule has 0 aromatic carbocycles. The van der Waals surface area contributed by atoms with Crippen molar-refractivity contribution in [2.45, 2.75) is 13.8 Å². The molecule has 0 bridgehead atoms. The second-order valence-corrected chi connectivity index (χ2v) is 2.11. The molecule has 1 atom stereocenters. The third kappa shape index (κ3) is 3.88. The van der Waals surface area contributed by atoms with Gasteiger partial charge in [-0.3, -0.25) is 9.59 Å². The van der Waals surface area contributed by atoms with Crippen LogP contribution in [0.1, 0.15) is 13.8 Å². The zero-order chi connectivity index (χ0) is 8.15. The molecular formula is C6H11NO3. The van der Waals surface area contributed by atoms with Crippen LogP contribution in [0.5, 0.6) is 0 Å². The van der Waals surface area contributed by atoms with Gasteiger partial charge in [0, 0.05) is 6.92 Å². The van der Waals surface area contributed by atoms with E-state index in [1.807, 2.05) is 0 Å². The van der Waals surface area contributed by atoms with Crippen LogP contribution in [0.25, 0.3) is 0 Å². The molecule has 0 aliphatic rings. The van der Waals surface area contributed by atoms with Crippen LogP contribution in [-0.2, 0) is 14.3 Å². The average molecular weight is 145 g/mol. The Morgan fingerprint density at radius 1 is 1.60 bits per heavy atom. The Hall–Kier alpha value is -1.06. The van der Waals surface area contributed by atoms with Crippen molar-refractivity contribution < 1.29 is 14.3 Å². The summed E-state index contributed by atoms with van der Waals surface area (Å²) < 4.78 is 4.53. The van der Waals surface area contributed by atoms with Gasteiger partial charge in [-0.1, -0.05) is 6.92 Å². The first kappa shape index (κ1) is 8.94. The molecule has 0 fully saturated rings. The van der Waals surface area contributed by atoms with Crippen molar-refractivity contribution in [1.82, 2.24) is 0 Å². The highest BCUT2D eigenvalue weighted by molar-refractivity contribution is 5.76. The number of carbonyl (C=O) groups excluding carboxylic acids is 2. The van der Waals surface area contributed by atoms with Gasteiger partial charge in [0.2, 0.25) is 5.91 Å². The van der Waals surface area contributed by atoms with Crippen LogP contribution in [0.15, 0.2) is 0 Å². The van der Waals surface area contributed by atoms with Gasteiger partial charge in [0.1, 0.15) is 6.61 Å². The number of primary amides is 1. The Morgan fingerprint density at radius 3 is 2.40 bits per heavy atom. The zero-order valence-electron chi connectivity index (χ0n) is 6.09. The van der Waals surface area contributed by atoms with Crippen LogP contribution >= 0.6 is 0 Å². The lowest BCUT2D eigenvalue weighted by Crippen LogP contribution is -2.25. The maximum Gasteiger partial charge on any atom is 0.302 e. The number of esters is 1. The molecule has 0 radical (unpaired) electrons. The van der Waals surface area contributed by atoms with Crippen LogP contribution in [0.2, 0.25) is 0 Å². The number of hydrogen-bond acceptors (Lipinski definition) is 3. The molecule has 0 aliphatic carbocycles. The van der Waals surface area contributed by atoms with Crippen molar-refractivity contribution in [2.24, 2.45) is 11.7 Å². The fourth-order valence-corrected chi connectivity index (χ4v) is 0.324. The number of hydrogen-bond donors (Lipinski definition) is 1. The molecule has 0 rings (SSSR count). The summed E-state index contributed by atoms with van der Waals surface area (Å²) in [4.78, 5) is 20.5. The largest absolute Gasteiger partial charge is 0.465 e. The van der Waals surface area contributed by atoms with Crippen LogP contribution in [0, 0.1) is 5.92 Å². The minimum Gasteiger partial charge on any atom is -0.465 e. The predicted molar refractivity (Wildman–Crippen MR) is 35.0 cm³/mol. The maximum atomic E-state index is 10.3. The van der Waals surface area contributed by atoms with Crippen LogP contribution in [0.3, 0.4) is 0 Å². The summed E-state index contributed by atoms with van der Waals surface area (Å²) in [6.07, 6.45) is 0. The van der Waals surface area contributed by atoms with E-state index in [0.717, 1.165) is 0 Å². The van der Waals surface area contributed by atoms with E-state index in [9.17, 15) is 9.59 Å². The Bertz CT molecular complexity index is 144. The number of carbonyl (C=O) groups is 2. The van der Waals surface area contributed by atoms with Gasteiger partial charge in [-0.15, -0.1) is 0 Å². The van der Waals surface area contributed by atoms with E-state index >= 15 is 0 Å². The number of amides is 1. The van der Waals surface area contributed by atoms with Crippen molar-refractivity contribution in [3.63, 3.8) is 0 Å². The molecular weight excluding hydrogens is 134 g/mol. The molecule has 0 heterocycles. The summed E-state index contributed by atoms with van der Waals surface area (Å²) in [5, 5.41) is 0. The molecule has 10 heavy (non-hydrogen) atoms. The van der Waals surface area contributed by atoms with E-state index in [1.165, 1.54) is 6.92 Å². The first-order valence-corrected chi connectivity index (χ1v) is 2.96. The second-order valence-electron chi connectivity index (χ2n) is 2.11. The summed E-state index contributed by atoms with van der Waals surface area (Å²) in [5.41, 5.74) is 4.89. The lowest BCUT2D eigenvalue weighted by atomic mass is 10.2. The number of ether oxygens (including phenoxy) is 1. The monoisotopic (exact) mass is 145 g/mol. The highest BCUT2D eigenvalue weighted by Gasteiger charge is 2.09. The summed E-state index contributed by atoms with van der Waals surface area (Å²) >= 11 is 0. The molecule has 0 aromatic heterocycles. The Balaban J connectivity index is 3.49. The smallest absolute Gasteiger partial charge is 0.302 e. The Labute approximate surface area is 59.3 Å². The van der Waals surface area contributed by atoms with Gasteiger partial charge in [-0.05, 0) is 0 Å². The van der Waals surface area contributed by atoms with Crippen molar-refractivity contribution >= 4 is 11.9 Å². The average Bonchev–Trinajstić information content (AvgIpc) is 1.82. The SMILES string of the molecule is CC(=O)OC[C@H](C)C(N)=O. The molecule has 0 saturated heterocycles. The van der Waals surface area contributed by atoms with Crippen molar-refractivity contribution in [3.8, 4) is 0 Å². The predicted octanol–water partition coefficient (Wildman–Crippen LogP) is -0.329. The lowest BCUT2D eigenvalue weighted by molar-refractivity contribution is -0.143. The van der Waals surface area contributed by atoms with Crippen molar-refractivity contribution in [3.05, 3.63) is 0 Å². The third-order valence-corrected chi connectivity index (χ3v) is 1.02. The molecule has 2 N–H and O–H groups in total. The second kappa shape index (κ2) is 3.87. The fourth-order valence-electron chi connectivity index (χ4n) is 0.324. The van der Waals surface area contributed by atoms with Gasteiger partial charge in [-0.25, -0.2) is 0 Å². The normalized spacial score (nSPS) is 12.2. The van der Waals surface area contributed by atoms with E-state index in [-0.39, 0.29) is 6.61 Å². The zero-order valence-corrected chi connectivity index (χ0v) is 6.09. The van der Waals surface area contributed by atoms with E-state index in [4.69, 9.17) is 5.73 Å². The topological polar surface area (TPSA) is 69.4 Å². The lowest BCUT2D eigenvalue weighted by Gasteiger charge is -2.05. The Morgan fingerprint density at radius 2 is 2.10 bits per heavy atom. The van der Waals surface area contributed by atoms with Gasteiger partial charge in [0.05, 0.1) is 5.92 Å². The summed E-state index contributed by atoms with van der Waals surface area (Å²) in [6.45, 7) is 2.96. The van der Waals surface area contributed by atoms with Crippen LogP contribution < -0.4 is 5.73 Å². The molecule has 0 spiro atoms. The fraction of sp³-hybridized carbons (Fsp3) is 0.667. The minimum absolute atomic E-state index is 0.0741. The highest BCUT2D eigenvalue weighted by atomic mass is 16.5. The molecule has 0 aliphatic heterocycles. The highest BCUT2D eigenvalue weighted by Crippen LogP contribution is 1.93. The standard InChI is InChI=1S/C6H11NO3/c1-4(6(7)9)3-10-5(2)8/h4H,3H2,1-2H3,(H2,7,9)/t4-/m0/s1. The molecule has 0 unspecified atom stereocenters. The summed E-state index contributed by atoms with van der Waals surface area (Å²) in [7, 11) is 0. The van der Waals surface area contributed by atoms with Crippen molar-refractivity contribution in [1.29, 1.82) is 0 Å². The molecule has 58 valence electrons. The first-order valence-electron chi connectivity index (χ1n) is 2.96. The molecule has 1 amide bonds. The summed E-state index contributed by atoms with van der Waals surface area (Å²) in [6, 6.07) is 0. The van der Waals surface area contributed by atoms with Gasteiger partial charge in [-0.2, -0.15) is 0 Å². The molecule has 0 aromatic rings. The third-order valence-electron chi connectivity index (χ3n) is 1.02. The van der Waals surface area contributed by atoms with E-state index < -0.39 is 17.8 Å². The maximum absolute atomic E-state index is 10.3. The van der Waals surface area contributed by atoms with Gasteiger partial charge >= 0.3 is 5.97 Å². The molecule has 0 saturated carbocycles. The van der Waals surface area contributed by atoms with Gasteiger partial charge < -0.3 is 10.5 Å².